The van der Waals surface area contributed by atoms with E-state index < -0.39 is 0 Å². The van der Waals surface area contributed by atoms with Crippen molar-refractivity contribution in [2.24, 2.45) is 0 Å². The van der Waals surface area contributed by atoms with E-state index in [1.165, 1.54) is 11.5 Å². The van der Waals surface area contributed by atoms with E-state index in [4.69, 9.17) is 27.7 Å². The quantitative estimate of drug-likeness (QED) is 0.759. The van der Waals surface area contributed by atoms with Gasteiger partial charge in [0.05, 0.1) is 21.3 Å². The first-order chi connectivity index (χ1) is 10.1. The van der Waals surface area contributed by atoms with Gasteiger partial charge >= 0.3 is 0 Å². The van der Waals surface area contributed by atoms with Crippen molar-refractivity contribution in [3.63, 3.8) is 0 Å². The molecule has 0 aliphatic carbocycles. The molecule has 0 spiro atoms. The molecule has 0 radical (unpaired) electrons. The van der Waals surface area contributed by atoms with Gasteiger partial charge in [-0.05, 0) is 36.7 Å². The van der Waals surface area contributed by atoms with E-state index in [0.717, 1.165) is 21.8 Å². The summed E-state index contributed by atoms with van der Waals surface area (Å²) in [6, 6.07) is 5.20. The van der Waals surface area contributed by atoms with Crippen LogP contribution in [-0.2, 0) is 0 Å². The predicted molar refractivity (Wildman–Crippen MR) is 85.1 cm³/mol. The first-order valence-electron chi connectivity index (χ1n) is 6.03. The monoisotopic (exact) mass is 340 g/mol. The highest BCUT2D eigenvalue weighted by Crippen LogP contribution is 2.34. The summed E-state index contributed by atoms with van der Waals surface area (Å²) in [5.74, 6) is 0.878. The maximum atomic E-state index is 6.01. The van der Waals surface area contributed by atoms with E-state index in [1.54, 1.807) is 18.2 Å². The Balaban J connectivity index is 2.03. The van der Waals surface area contributed by atoms with Gasteiger partial charge in [0.25, 0.3) is 5.89 Å². The second-order valence-corrected chi connectivity index (χ2v) is 5.86. The fourth-order valence-corrected chi connectivity index (χ4v) is 2.90. The molecule has 108 valence electrons. The second kappa shape index (κ2) is 5.63. The molecule has 0 amide bonds. The van der Waals surface area contributed by atoms with Gasteiger partial charge in [0.15, 0.2) is 0 Å². The van der Waals surface area contributed by atoms with E-state index in [9.17, 15) is 0 Å². The molecule has 0 saturated heterocycles. The van der Waals surface area contributed by atoms with E-state index in [1.807, 2.05) is 14.0 Å². The molecule has 0 atom stereocenters. The fourth-order valence-electron chi connectivity index (χ4n) is 1.87. The Morgan fingerprint density at radius 3 is 2.76 bits per heavy atom. The molecule has 0 fully saturated rings. The van der Waals surface area contributed by atoms with Crippen LogP contribution in [0.4, 0.5) is 5.00 Å². The average Bonchev–Trinajstić information content (AvgIpc) is 3.08. The van der Waals surface area contributed by atoms with Gasteiger partial charge in [0.1, 0.15) is 5.00 Å². The normalized spacial score (nSPS) is 10.9. The standard InChI is InChI=1S/C13H10Cl2N4OS/c1-6-10(13(16-2)21-19-6)12-17-11(18-20-12)7-3-4-8(14)9(15)5-7/h3-5,16H,1-2H3. The van der Waals surface area contributed by atoms with Gasteiger partial charge in [-0.15, -0.1) is 0 Å². The molecule has 1 N–H and O–H groups in total. The SMILES string of the molecule is CNc1snc(C)c1-c1nc(-c2ccc(Cl)c(Cl)c2)no1. The Bertz CT molecular complexity index is 799. The Morgan fingerprint density at radius 2 is 2.05 bits per heavy atom. The third-order valence-electron chi connectivity index (χ3n) is 2.91. The molecule has 0 unspecified atom stereocenters. The summed E-state index contributed by atoms with van der Waals surface area (Å²) in [6.45, 7) is 1.90. The van der Waals surface area contributed by atoms with Gasteiger partial charge in [0.2, 0.25) is 5.82 Å². The summed E-state index contributed by atoms with van der Waals surface area (Å²) in [4.78, 5) is 4.41. The third kappa shape index (κ3) is 2.62. The van der Waals surface area contributed by atoms with Gasteiger partial charge in [-0.25, -0.2) is 0 Å². The smallest absolute Gasteiger partial charge is 0.263 e. The topological polar surface area (TPSA) is 63.8 Å². The fraction of sp³-hybridized carbons (Fsp3) is 0.154. The van der Waals surface area contributed by atoms with Crippen LogP contribution in [0.15, 0.2) is 22.7 Å². The lowest BCUT2D eigenvalue weighted by molar-refractivity contribution is 0.432. The average molecular weight is 341 g/mol. The molecular formula is C13H10Cl2N4OS. The van der Waals surface area contributed by atoms with Crippen LogP contribution in [0.3, 0.4) is 0 Å². The first kappa shape index (κ1) is 14.3. The molecule has 2 heterocycles. The lowest BCUT2D eigenvalue weighted by Crippen LogP contribution is -1.88. The minimum atomic E-state index is 0.423. The first-order valence-corrected chi connectivity index (χ1v) is 7.56. The van der Waals surface area contributed by atoms with Crippen molar-refractivity contribution in [3.05, 3.63) is 33.9 Å². The van der Waals surface area contributed by atoms with Crippen molar-refractivity contribution in [2.45, 2.75) is 6.92 Å². The number of aromatic nitrogens is 3. The molecule has 3 aromatic rings. The highest BCUT2D eigenvalue weighted by atomic mass is 35.5. The van der Waals surface area contributed by atoms with Crippen LogP contribution >= 0.6 is 34.7 Å². The molecular weight excluding hydrogens is 331 g/mol. The third-order valence-corrected chi connectivity index (χ3v) is 4.60. The van der Waals surface area contributed by atoms with E-state index in [0.29, 0.717) is 21.8 Å². The van der Waals surface area contributed by atoms with Crippen molar-refractivity contribution in [3.8, 4) is 22.8 Å². The lowest BCUT2D eigenvalue weighted by Gasteiger charge is -1.98. The van der Waals surface area contributed by atoms with Crippen LogP contribution in [0.2, 0.25) is 10.0 Å². The van der Waals surface area contributed by atoms with Crippen LogP contribution in [0.5, 0.6) is 0 Å². The molecule has 0 aliphatic heterocycles. The highest BCUT2D eigenvalue weighted by Gasteiger charge is 2.19. The van der Waals surface area contributed by atoms with Gasteiger partial charge < -0.3 is 9.84 Å². The van der Waals surface area contributed by atoms with Crippen molar-refractivity contribution >= 4 is 39.7 Å². The molecule has 21 heavy (non-hydrogen) atoms. The molecule has 1 aromatic carbocycles. The number of benzene rings is 1. The van der Waals surface area contributed by atoms with Crippen LogP contribution < -0.4 is 5.32 Å². The van der Waals surface area contributed by atoms with Crippen LogP contribution in [0, 0.1) is 6.92 Å². The minimum absolute atomic E-state index is 0.423. The Labute approximate surface area is 135 Å². The lowest BCUT2D eigenvalue weighted by atomic mass is 10.2. The van der Waals surface area contributed by atoms with Gasteiger partial charge in [-0.1, -0.05) is 28.4 Å². The molecule has 2 aromatic heterocycles. The predicted octanol–water partition coefficient (Wildman–Crippen LogP) is 4.52. The van der Waals surface area contributed by atoms with Crippen molar-refractivity contribution < 1.29 is 4.52 Å². The number of nitrogens with one attached hydrogen (secondary N) is 1. The number of hydrogen-bond donors (Lipinski definition) is 1. The van der Waals surface area contributed by atoms with Crippen LogP contribution in [0.25, 0.3) is 22.8 Å². The summed E-state index contributed by atoms with van der Waals surface area (Å²) >= 11 is 13.3. The Kier molecular flexibility index (Phi) is 3.84. The molecule has 8 heteroatoms. The molecule has 0 aliphatic rings. The number of rotatable bonds is 3. The van der Waals surface area contributed by atoms with E-state index in [-0.39, 0.29) is 0 Å². The second-order valence-electron chi connectivity index (χ2n) is 4.27. The summed E-state index contributed by atoms with van der Waals surface area (Å²) in [7, 11) is 1.83. The van der Waals surface area contributed by atoms with Crippen molar-refractivity contribution in [2.75, 3.05) is 12.4 Å². The van der Waals surface area contributed by atoms with Gasteiger partial charge in [-0.2, -0.15) is 9.36 Å². The molecule has 3 rings (SSSR count). The summed E-state index contributed by atoms with van der Waals surface area (Å²) < 4.78 is 9.63. The summed E-state index contributed by atoms with van der Waals surface area (Å²) in [6.07, 6.45) is 0. The zero-order chi connectivity index (χ0) is 15.0. The van der Waals surface area contributed by atoms with Gasteiger partial charge in [-0.3, -0.25) is 0 Å². The summed E-state index contributed by atoms with van der Waals surface area (Å²) in [5.41, 5.74) is 2.40. The maximum absolute atomic E-state index is 6.01. The zero-order valence-electron chi connectivity index (χ0n) is 11.1. The Morgan fingerprint density at radius 1 is 1.24 bits per heavy atom. The van der Waals surface area contributed by atoms with Crippen molar-refractivity contribution in [1.29, 1.82) is 0 Å². The Hall–Kier alpha value is -1.63. The highest BCUT2D eigenvalue weighted by molar-refractivity contribution is 7.10. The van der Waals surface area contributed by atoms with Crippen LogP contribution in [-0.4, -0.2) is 21.6 Å². The van der Waals surface area contributed by atoms with Crippen LogP contribution in [0.1, 0.15) is 5.69 Å². The number of hydrogen-bond acceptors (Lipinski definition) is 6. The van der Waals surface area contributed by atoms with E-state index in [2.05, 4.69) is 19.8 Å². The minimum Gasteiger partial charge on any atom is -0.378 e. The summed E-state index contributed by atoms with van der Waals surface area (Å²) in [5, 5.41) is 8.88. The molecule has 0 saturated carbocycles. The zero-order valence-corrected chi connectivity index (χ0v) is 13.5. The molecule has 0 bridgehead atoms. The van der Waals surface area contributed by atoms with Gasteiger partial charge in [0, 0.05) is 12.6 Å². The number of nitrogens with zero attached hydrogens (tertiary/aromatic N) is 3. The maximum Gasteiger partial charge on any atom is 0.263 e. The van der Waals surface area contributed by atoms with E-state index >= 15 is 0 Å². The number of anilines is 1. The number of aryl methyl sites for hydroxylation is 1. The van der Waals surface area contributed by atoms with Crippen molar-refractivity contribution in [1.82, 2.24) is 14.5 Å². The largest absolute Gasteiger partial charge is 0.378 e. The number of halogens is 2. The molecule has 5 nitrogen and oxygen atoms in total.